The van der Waals surface area contributed by atoms with Gasteiger partial charge >= 0.3 is 5.97 Å². The lowest BCUT2D eigenvalue weighted by Crippen LogP contribution is -2.31. The summed E-state index contributed by atoms with van der Waals surface area (Å²) in [6, 6.07) is 11.2. The topological polar surface area (TPSA) is 88.4 Å². The zero-order valence-electron chi connectivity index (χ0n) is 14.0. The number of amides is 1. The van der Waals surface area contributed by atoms with E-state index < -0.39 is 24.6 Å². The molecule has 0 saturated heterocycles. The molecule has 2 rings (SSSR count). The summed E-state index contributed by atoms with van der Waals surface area (Å²) in [5.74, 6) is -1.21. The molecular formula is C18H13Cl3N2O4. The lowest BCUT2D eigenvalue weighted by molar-refractivity contribution is -0.155. The van der Waals surface area contributed by atoms with Crippen molar-refractivity contribution >= 4 is 52.4 Å². The Bertz CT molecular complexity index is 912. The van der Waals surface area contributed by atoms with Gasteiger partial charge in [0.25, 0.3) is 5.91 Å². The Labute approximate surface area is 170 Å². The summed E-state index contributed by atoms with van der Waals surface area (Å²) >= 11 is 17.6. The minimum atomic E-state index is -1.10. The standard InChI is InChI=1S/C18H13Cl3N2O4/c1-10(18(25)23-15-5-3-2-4-11(15)8-22)27-17(24)9-26-16-7-13(20)12(19)6-14(16)21/h2-7,10H,9H2,1H3,(H,23,25). The van der Waals surface area contributed by atoms with E-state index in [0.717, 1.165) is 0 Å². The molecule has 0 aliphatic heterocycles. The molecule has 0 aliphatic carbocycles. The molecule has 0 saturated carbocycles. The van der Waals surface area contributed by atoms with Crippen molar-refractivity contribution in [2.45, 2.75) is 13.0 Å². The number of nitrogens with zero attached hydrogens (tertiary/aromatic N) is 1. The van der Waals surface area contributed by atoms with Crippen LogP contribution in [0.25, 0.3) is 0 Å². The summed E-state index contributed by atoms with van der Waals surface area (Å²) in [6.07, 6.45) is -1.10. The zero-order chi connectivity index (χ0) is 20.0. The van der Waals surface area contributed by atoms with Crippen LogP contribution in [-0.4, -0.2) is 24.6 Å². The number of rotatable bonds is 6. The maximum absolute atomic E-state index is 12.1. The van der Waals surface area contributed by atoms with Crippen LogP contribution >= 0.6 is 34.8 Å². The molecule has 2 aromatic rings. The number of ether oxygens (including phenoxy) is 2. The van der Waals surface area contributed by atoms with E-state index in [1.54, 1.807) is 24.3 Å². The molecule has 27 heavy (non-hydrogen) atoms. The highest BCUT2D eigenvalue weighted by molar-refractivity contribution is 6.43. The fourth-order valence-electron chi connectivity index (χ4n) is 1.96. The van der Waals surface area contributed by atoms with Gasteiger partial charge in [0.05, 0.1) is 26.3 Å². The first-order valence-electron chi connectivity index (χ1n) is 7.58. The van der Waals surface area contributed by atoms with Gasteiger partial charge in [-0.05, 0) is 25.1 Å². The number of para-hydroxylation sites is 1. The average molecular weight is 428 g/mol. The summed E-state index contributed by atoms with van der Waals surface area (Å²) in [7, 11) is 0. The largest absolute Gasteiger partial charge is 0.480 e. The van der Waals surface area contributed by atoms with Crippen LogP contribution in [-0.2, 0) is 14.3 Å². The van der Waals surface area contributed by atoms with Crippen LogP contribution in [0.4, 0.5) is 5.69 Å². The molecule has 0 fully saturated rings. The SMILES string of the molecule is CC(OC(=O)COc1cc(Cl)c(Cl)cc1Cl)C(=O)Nc1ccccc1C#N. The van der Waals surface area contributed by atoms with Gasteiger partial charge in [0, 0.05) is 6.07 Å². The molecule has 9 heteroatoms. The Balaban J connectivity index is 1.91. The van der Waals surface area contributed by atoms with Crippen LogP contribution in [0.1, 0.15) is 12.5 Å². The van der Waals surface area contributed by atoms with Gasteiger partial charge in [-0.1, -0.05) is 46.9 Å². The van der Waals surface area contributed by atoms with Crippen molar-refractivity contribution in [2.24, 2.45) is 0 Å². The van der Waals surface area contributed by atoms with Gasteiger partial charge in [0.15, 0.2) is 12.7 Å². The molecular weight excluding hydrogens is 415 g/mol. The molecule has 1 unspecified atom stereocenters. The van der Waals surface area contributed by atoms with Crippen LogP contribution < -0.4 is 10.1 Å². The summed E-state index contributed by atoms with van der Waals surface area (Å²) in [6.45, 7) is 0.915. The number of carbonyl (C=O) groups excluding carboxylic acids is 2. The maximum Gasteiger partial charge on any atom is 0.344 e. The smallest absolute Gasteiger partial charge is 0.344 e. The number of hydrogen-bond acceptors (Lipinski definition) is 5. The number of benzene rings is 2. The number of esters is 1. The first-order chi connectivity index (χ1) is 12.8. The van der Waals surface area contributed by atoms with Gasteiger partial charge in [-0.25, -0.2) is 4.79 Å². The van der Waals surface area contributed by atoms with Crippen LogP contribution in [0.15, 0.2) is 36.4 Å². The number of carbonyl (C=O) groups is 2. The summed E-state index contributed by atoms with van der Waals surface area (Å²) < 4.78 is 10.3. The summed E-state index contributed by atoms with van der Waals surface area (Å²) in [4.78, 5) is 24.0. The average Bonchev–Trinajstić information content (AvgIpc) is 2.64. The Morgan fingerprint density at radius 3 is 2.52 bits per heavy atom. The molecule has 0 heterocycles. The first-order valence-corrected chi connectivity index (χ1v) is 8.72. The van der Waals surface area contributed by atoms with Crippen molar-refractivity contribution in [2.75, 3.05) is 11.9 Å². The molecule has 1 amide bonds. The zero-order valence-corrected chi connectivity index (χ0v) is 16.2. The van der Waals surface area contributed by atoms with Crippen LogP contribution in [0.5, 0.6) is 5.75 Å². The molecule has 0 bridgehead atoms. The number of halogens is 3. The third-order valence-corrected chi connectivity index (χ3v) is 4.32. The second-order valence-corrected chi connectivity index (χ2v) is 6.49. The van der Waals surface area contributed by atoms with E-state index in [4.69, 9.17) is 49.5 Å². The fourth-order valence-corrected chi connectivity index (χ4v) is 2.55. The summed E-state index contributed by atoms with van der Waals surface area (Å²) in [5, 5.41) is 12.2. The van der Waals surface area contributed by atoms with Crippen LogP contribution in [0.3, 0.4) is 0 Å². The minimum Gasteiger partial charge on any atom is -0.480 e. The Morgan fingerprint density at radius 1 is 1.15 bits per heavy atom. The lowest BCUT2D eigenvalue weighted by atomic mass is 10.2. The monoisotopic (exact) mass is 426 g/mol. The minimum absolute atomic E-state index is 0.156. The van der Waals surface area contributed by atoms with Gasteiger partial charge < -0.3 is 14.8 Å². The predicted molar refractivity (Wildman–Crippen MR) is 102 cm³/mol. The van der Waals surface area contributed by atoms with Crippen molar-refractivity contribution in [3.05, 3.63) is 57.0 Å². The molecule has 0 spiro atoms. The molecule has 140 valence electrons. The van der Waals surface area contributed by atoms with Crippen LogP contribution in [0, 0.1) is 11.3 Å². The third-order valence-electron chi connectivity index (χ3n) is 3.30. The quantitative estimate of drug-likeness (QED) is 0.543. The molecule has 2 aromatic carbocycles. The number of nitriles is 1. The van der Waals surface area contributed by atoms with Crippen molar-refractivity contribution in [3.8, 4) is 11.8 Å². The van der Waals surface area contributed by atoms with E-state index >= 15 is 0 Å². The van der Waals surface area contributed by atoms with E-state index in [0.29, 0.717) is 11.3 Å². The first kappa shape index (κ1) is 20.8. The Morgan fingerprint density at radius 2 is 1.81 bits per heavy atom. The third kappa shape index (κ3) is 5.76. The van der Waals surface area contributed by atoms with E-state index in [2.05, 4.69) is 5.32 Å². The Kier molecular flexibility index (Phi) is 7.31. The molecule has 0 aliphatic rings. The van der Waals surface area contributed by atoms with Crippen LogP contribution in [0.2, 0.25) is 15.1 Å². The molecule has 1 N–H and O–H groups in total. The highest BCUT2D eigenvalue weighted by Crippen LogP contribution is 2.33. The molecule has 0 aromatic heterocycles. The highest BCUT2D eigenvalue weighted by atomic mass is 35.5. The normalized spacial score (nSPS) is 11.2. The molecule has 6 nitrogen and oxygen atoms in total. The van der Waals surface area contributed by atoms with E-state index in [1.165, 1.54) is 19.1 Å². The maximum atomic E-state index is 12.1. The van der Waals surface area contributed by atoms with Crippen molar-refractivity contribution in [3.63, 3.8) is 0 Å². The van der Waals surface area contributed by atoms with E-state index in [9.17, 15) is 9.59 Å². The highest BCUT2D eigenvalue weighted by Gasteiger charge is 2.19. The fraction of sp³-hybridized carbons (Fsp3) is 0.167. The lowest BCUT2D eigenvalue weighted by Gasteiger charge is -2.15. The van der Waals surface area contributed by atoms with Gasteiger partial charge in [-0.15, -0.1) is 0 Å². The van der Waals surface area contributed by atoms with E-state index in [1.807, 2.05) is 6.07 Å². The van der Waals surface area contributed by atoms with Gasteiger partial charge in [-0.3, -0.25) is 4.79 Å². The second-order valence-electron chi connectivity index (χ2n) is 5.26. The number of hydrogen-bond donors (Lipinski definition) is 1. The number of nitrogens with one attached hydrogen (secondary N) is 1. The summed E-state index contributed by atoms with van der Waals surface area (Å²) in [5.41, 5.74) is 0.619. The second kappa shape index (κ2) is 9.47. The predicted octanol–water partition coefficient (Wildman–Crippen LogP) is 4.47. The van der Waals surface area contributed by atoms with Gasteiger partial charge in [0.1, 0.15) is 11.8 Å². The molecule has 0 radical (unpaired) electrons. The van der Waals surface area contributed by atoms with Crippen molar-refractivity contribution in [1.29, 1.82) is 5.26 Å². The Hall–Kier alpha value is -2.46. The number of anilines is 1. The van der Waals surface area contributed by atoms with Crippen molar-refractivity contribution < 1.29 is 19.1 Å². The molecule has 1 atom stereocenters. The van der Waals surface area contributed by atoms with Gasteiger partial charge in [-0.2, -0.15) is 5.26 Å². The van der Waals surface area contributed by atoms with E-state index in [-0.39, 0.29) is 20.8 Å². The van der Waals surface area contributed by atoms with Gasteiger partial charge in [0.2, 0.25) is 0 Å². The van der Waals surface area contributed by atoms with Crippen molar-refractivity contribution in [1.82, 2.24) is 0 Å².